The van der Waals surface area contributed by atoms with Crippen molar-refractivity contribution in [3.8, 4) is 0 Å². The lowest BCUT2D eigenvalue weighted by Crippen LogP contribution is -2.27. The van der Waals surface area contributed by atoms with Gasteiger partial charge in [-0.15, -0.1) is 0 Å². The summed E-state index contributed by atoms with van der Waals surface area (Å²) < 4.78 is 1.61. The van der Waals surface area contributed by atoms with E-state index in [0.29, 0.717) is 15.7 Å². The molecule has 3 rings (SSSR count). The van der Waals surface area contributed by atoms with E-state index in [4.69, 9.17) is 23.2 Å². The smallest absolute Gasteiger partial charge is 0.253 e. The molecule has 1 amide bonds. The van der Waals surface area contributed by atoms with Gasteiger partial charge in [-0.3, -0.25) is 9.48 Å². The number of aromatic nitrogens is 2. The van der Waals surface area contributed by atoms with E-state index in [0.717, 1.165) is 5.56 Å². The summed E-state index contributed by atoms with van der Waals surface area (Å²) in [6.45, 7) is 0. The summed E-state index contributed by atoms with van der Waals surface area (Å²) in [5.41, 5.74) is 1.42. The van der Waals surface area contributed by atoms with Gasteiger partial charge in [0.15, 0.2) is 6.04 Å². The number of nitrogens with zero attached hydrogens (tertiary/aromatic N) is 2. The molecule has 4 nitrogen and oxygen atoms in total. The molecule has 0 aliphatic carbocycles. The summed E-state index contributed by atoms with van der Waals surface area (Å²) in [6, 6.07) is 15.6. The van der Waals surface area contributed by atoms with Crippen LogP contribution in [0.15, 0.2) is 67.0 Å². The van der Waals surface area contributed by atoms with Gasteiger partial charge in [-0.25, -0.2) is 0 Å². The minimum Gasteiger partial charge on any atom is -0.324 e. The fraction of sp³-hybridized carbons (Fsp3) is 0.0588. The molecular formula is C17H13Cl2N3O. The average molecular weight is 346 g/mol. The Labute approximate surface area is 143 Å². The second-order valence-electron chi connectivity index (χ2n) is 4.92. The number of amides is 1. The Kier molecular flexibility index (Phi) is 4.65. The van der Waals surface area contributed by atoms with Crippen LogP contribution >= 0.6 is 23.2 Å². The van der Waals surface area contributed by atoms with Crippen LogP contribution in [0.25, 0.3) is 0 Å². The van der Waals surface area contributed by atoms with Crippen molar-refractivity contribution in [2.24, 2.45) is 0 Å². The van der Waals surface area contributed by atoms with E-state index >= 15 is 0 Å². The number of hydrogen-bond acceptors (Lipinski definition) is 2. The summed E-state index contributed by atoms with van der Waals surface area (Å²) in [4.78, 5) is 12.8. The quantitative estimate of drug-likeness (QED) is 0.760. The first kappa shape index (κ1) is 15.6. The van der Waals surface area contributed by atoms with E-state index in [1.54, 1.807) is 41.3 Å². The van der Waals surface area contributed by atoms with Gasteiger partial charge in [0.05, 0.1) is 10.0 Å². The maximum Gasteiger partial charge on any atom is 0.253 e. The number of carbonyl (C=O) groups excluding carboxylic acids is 1. The normalized spacial score (nSPS) is 11.9. The maximum absolute atomic E-state index is 12.8. The SMILES string of the molecule is O=C(Nc1ccc(Cl)c(Cl)c1)[C@H](c1ccccc1)n1cccn1. The van der Waals surface area contributed by atoms with Crippen LogP contribution < -0.4 is 5.32 Å². The fourth-order valence-electron chi connectivity index (χ4n) is 2.28. The first-order valence-corrected chi connectivity index (χ1v) is 7.71. The van der Waals surface area contributed by atoms with Gasteiger partial charge in [0.25, 0.3) is 5.91 Å². The zero-order chi connectivity index (χ0) is 16.2. The summed E-state index contributed by atoms with van der Waals surface area (Å²) in [7, 11) is 0. The van der Waals surface area contributed by atoms with E-state index in [-0.39, 0.29) is 5.91 Å². The first-order valence-electron chi connectivity index (χ1n) is 6.95. The van der Waals surface area contributed by atoms with Crippen LogP contribution in [0.1, 0.15) is 11.6 Å². The molecule has 0 saturated heterocycles. The molecule has 0 spiro atoms. The number of halogens is 2. The lowest BCUT2D eigenvalue weighted by Gasteiger charge is -2.18. The zero-order valence-corrected chi connectivity index (χ0v) is 13.5. The van der Waals surface area contributed by atoms with Crippen LogP contribution in [-0.4, -0.2) is 15.7 Å². The van der Waals surface area contributed by atoms with E-state index in [1.165, 1.54) is 0 Å². The third kappa shape index (κ3) is 3.55. The van der Waals surface area contributed by atoms with E-state index in [2.05, 4.69) is 10.4 Å². The minimum atomic E-state index is -0.569. The van der Waals surface area contributed by atoms with E-state index in [9.17, 15) is 4.79 Å². The number of benzene rings is 2. The topological polar surface area (TPSA) is 46.9 Å². The molecule has 3 aromatic rings. The Morgan fingerprint density at radius 3 is 2.48 bits per heavy atom. The fourth-order valence-corrected chi connectivity index (χ4v) is 2.58. The highest BCUT2D eigenvalue weighted by molar-refractivity contribution is 6.42. The van der Waals surface area contributed by atoms with Crippen molar-refractivity contribution in [3.63, 3.8) is 0 Å². The standard InChI is InChI=1S/C17H13Cl2N3O/c18-14-8-7-13(11-15(14)19)21-17(23)16(22-10-4-9-20-22)12-5-2-1-3-6-12/h1-11,16H,(H,21,23)/t16-/m0/s1. The highest BCUT2D eigenvalue weighted by Gasteiger charge is 2.23. The van der Waals surface area contributed by atoms with Crippen molar-refractivity contribution >= 4 is 34.8 Å². The van der Waals surface area contributed by atoms with Gasteiger partial charge >= 0.3 is 0 Å². The molecule has 0 bridgehead atoms. The van der Waals surface area contributed by atoms with Crippen LogP contribution in [-0.2, 0) is 4.79 Å². The number of hydrogen-bond donors (Lipinski definition) is 1. The summed E-state index contributed by atoms with van der Waals surface area (Å²) >= 11 is 11.9. The molecule has 0 fully saturated rings. The molecule has 1 aromatic heterocycles. The predicted molar refractivity (Wildman–Crippen MR) is 91.9 cm³/mol. The lowest BCUT2D eigenvalue weighted by molar-refractivity contribution is -0.118. The van der Waals surface area contributed by atoms with Gasteiger partial charge in [0.2, 0.25) is 0 Å². The Balaban J connectivity index is 1.90. The third-order valence-corrected chi connectivity index (χ3v) is 4.08. The summed E-state index contributed by atoms with van der Waals surface area (Å²) in [5, 5.41) is 7.88. The molecule has 0 unspecified atom stereocenters. The van der Waals surface area contributed by atoms with Crippen molar-refractivity contribution in [3.05, 3.63) is 82.6 Å². The molecule has 0 saturated carbocycles. The van der Waals surface area contributed by atoms with Gasteiger partial charge in [-0.05, 0) is 29.8 Å². The minimum absolute atomic E-state index is 0.210. The van der Waals surface area contributed by atoms with Crippen LogP contribution in [0, 0.1) is 0 Å². The molecule has 0 aliphatic heterocycles. The molecule has 2 aromatic carbocycles. The monoisotopic (exact) mass is 345 g/mol. The molecule has 6 heteroatoms. The first-order chi connectivity index (χ1) is 11.1. The summed E-state index contributed by atoms with van der Waals surface area (Å²) in [5.74, 6) is -0.210. The lowest BCUT2D eigenvalue weighted by atomic mass is 10.1. The predicted octanol–water partition coefficient (Wildman–Crippen LogP) is 4.42. The molecule has 23 heavy (non-hydrogen) atoms. The maximum atomic E-state index is 12.8. The Morgan fingerprint density at radius 1 is 1.04 bits per heavy atom. The zero-order valence-electron chi connectivity index (χ0n) is 12.0. The molecule has 1 atom stereocenters. The van der Waals surface area contributed by atoms with Crippen molar-refractivity contribution in [2.45, 2.75) is 6.04 Å². The molecular weight excluding hydrogens is 333 g/mol. The molecule has 1 N–H and O–H groups in total. The largest absolute Gasteiger partial charge is 0.324 e. The average Bonchev–Trinajstić information content (AvgIpc) is 3.06. The second kappa shape index (κ2) is 6.86. The van der Waals surface area contributed by atoms with E-state index in [1.807, 2.05) is 30.3 Å². The molecule has 0 radical (unpaired) electrons. The van der Waals surface area contributed by atoms with Crippen molar-refractivity contribution < 1.29 is 4.79 Å². The van der Waals surface area contributed by atoms with Crippen molar-refractivity contribution in [1.82, 2.24) is 9.78 Å². The van der Waals surface area contributed by atoms with Crippen LogP contribution in [0.2, 0.25) is 10.0 Å². The van der Waals surface area contributed by atoms with E-state index < -0.39 is 6.04 Å². The van der Waals surface area contributed by atoms with Gasteiger partial charge in [-0.2, -0.15) is 5.10 Å². The van der Waals surface area contributed by atoms with Crippen LogP contribution in [0.4, 0.5) is 5.69 Å². The number of nitrogens with one attached hydrogen (secondary N) is 1. The van der Waals surface area contributed by atoms with Crippen molar-refractivity contribution in [2.75, 3.05) is 5.32 Å². The second-order valence-corrected chi connectivity index (χ2v) is 5.73. The highest BCUT2D eigenvalue weighted by atomic mass is 35.5. The van der Waals surface area contributed by atoms with Gasteiger partial charge in [0, 0.05) is 18.1 Å². The van der Waals surface area contributed by atoms with Gasteiger partial charge in [0.1, 0.15) is 0 Å². The van der Waals surface area contributed by atoms with Gasteiger partial charge in [-0.1, -0.05) is 53.5 Å². The van der Waals surface area contributed by atoms with Crippen LogP contribution in [0.5, 0.6) is 0 Å². The summed E-state index contributed by atoms with van der Waals surface area (Å²) in [6.07, 6.45) is 3.40. The Hall–Kier alpha value is -2.30. The molecule has 0 aliphatic rings. The van der Waals surface area contributed by atoms with Crippen molar-refractivity contribution in [1.29, 1.82) is 0 Å². The number of carbonyl (C=O) groups is 1. The number of rotatable bonds is 4. The number of anilines is 1. The highest BCUT2D eigenvalue weighted by Crippen LogP contribution is 2.26. The van der Waals surface area contributed by atoms with Gasteiger partial charge < -0.3 is 5.32 Å². The Bertz CT molecular complexity index is 804. The molecule has 116 valence electrons. The third-order valence-electron chi connectivity index (χ3n) is 3.34. The Morgan fingerprint density at radius 2 is 1.83 bits per heavy atom. The van der Waals surface area contributed by atoms with Crippen LogP contribution in [0.3, 0.4) is 0 Å². The molecule has 1 heterocycles.